The summed E-state index contributed by atoms with van der Waals surface area (Å²) in [6.45, 7) is -0.386. The zero-order valence-corrected chi connectivity index (χ0v) is 17.6. The highest BCUT2D eigenvalue weighted by molar-refractivity contribution is 7.87. The van der Waals surface area contributed by atoms with Crippen LogP contribution in [-0.4, -0.2) is 28.6 Å². The van der Waals surface area contributed by atoms with Gasteiger partial charge in [0.1, 0.15) is 22.1 Å². The Labute approximate surface area is 181 Å². The Bertz CT molecular complexity index is 1240. The number of non-ortho nitro benzene ring substituents is 1. The lowest BCUT2D eigenvalue weighted by Crippen LogP contribution is -2.00. The van der Waals surface area contributed by atoms with Gasteiger partial charge < -0.3 is 5.11 Å². The van der Waals surface area contributed by atoms with Crippen LogP contribution in [0.1, 0.15) is 5.56 Å². The number of halogens is 2. The number of nitro groups is 1. The second-order valence-corrected chi connectivity index (χ2v) is 8.61. The van der Waals surface area contributed by atoms with Crippen LogP contribution in [0.15, 0.2) is 57.3 Å². The van der Waals surface area contributed by atoms with Gasteiger partial charge in [-0.15, -0.1) is 23.7 Å². The fourth-order valence-electron chi connectivity index (χ4n) is 2.66. The van der Waals surface area contributed by atoms with Gasteiger partial charge in [-0.25, -0.2) is 14.2 Å². The van der Waals surface area contributed by atoms with Gasteiger partial charge in [0.2, 0.25) is 0 Å². The van der Waals surface area contributed by atoms with E-state index in [1.54, 1.807) is 34.3 Å². The Morgan fingerprint density at radius 3 is 2.83 bits per heavy atom. The Morgan fingerprint density at radius 2 is 2.10 bits per heavy atom. The number of hydrogen-bond acceptors (Lipinski definition) is 7. The van der Waals surface area contributed by atoms with Gasteiger partial charge in [-0.2, -0.15) is 0 Å². The lowest BCUT2D eigenvalue weighted by Gasteiger charge is -2.05. The second-order valence-electron chi connectivity index (χ2n) is 5.69. The topological polar surface area (TPSA) is 111 Å². The number of rotatable bonds is 5. The number of aliphatic hydroxyl groups excluding tert-OH is 1. The van der Waals surface area contributed by atoms with E-state index in [-0.39, 0.29) is 33.9 Å². The summed E-state index contributed by atoms with van der Waals surface area (Å²) in [6, 6.07) is 7.37. The van der Waals surface area contributed by atoms with Crippen LogP contribution in [0, 0.1) is 10.1 Å². The lowest BCUT2D eigenvalue weighted by atomic mass is 10.2. The molecule has 1 N–H and O–H groups in total. The number of aromatic nitrogens is 3. The van der Waals surface area contributed by atoms with Crippen molar-refractivity contribution in [1.82, 2.24) is 14.4 Å². The Hall–Kier alpha value is -2.37. The summed E-state index contributed by atoms with van der Waals surface area (Å²) in [5.74, 6) is 0. The number of benzene rings is 1. The number of nitrogens with zero attached hydrogens (tertiary/aromatic N) is 4. The van der Waals surface area contributed by atoms with E-state index in [9.17, 15) is 19.4 Å². The first-order valence-electron chi connectivity index (χ1n) is 7.86. The van der Waals surface area contributed by atoms with Crippen molar-refractivity contribution >= 4 is 57.5 Å². The summed E-state index contributed by atoms with van der Waals surface area (Å²) < 4.78 is 15.0. The summed E-state index contributed by atoms with van der Waals surface area (Å²) in [4.78, 5) is 19.3. The van der Waals surface area contributed by atoms with E-state index >= 15 is 0 Å². The van der Waals surface area contributed by atoms with Crippen LogP contribution >= 0.6 is 35.3 Å². The molecule has 0 saturated carbocycles. The molecule has 0 amide bonds. The molecule has 8 nitrogen and oxygen atoms in total. The predicted octanol–water partition coefficient (Wildman–Crippen LogP) is 4.10. The van der Waals surface area contributed by atoms with Crippen LogP contribution in [0.3, 0.4) is 0 Å². The molecule has 1 atom stereocenters. The van der Waals surface area contributed by atoms with E-state index < -0.39 is 15.7 Å². The standard InChI is InChI=1S/C17H11ClN4O4S2.ClH/c18-11-2-4-16-19-6-14(21(16)7-11)13-9-27-17(20-13)28(26)15-5-12(22(24)25)3-1-10(15)8-23;/h1-7,9,23H,8H2;1H. The smallest absolute Gasteiger partial charge is 0.270 e. The van der Waals surface area contributed by atoms with Gasteiger partial charge in [0.05, 0.1) is 33.3 Å². The van der Waals surface area contributed by atoms with Crippen LogP contribution in [-0.2, 0) is 17.4 Å². The molecule has 0 radical (unpaired) electrons. The van der Waals surface area contributed by atoms with Gasteiger partial charge in [0.15, 0.2) is 4.34 Å². The second kappa shape index (κ2) is 8.56. The summed E-state index contributed by atoms with van der Waals surface area (Å²) >= 11 is 7.21. The van der Waals surface area contributed by atoms with Gasteiger partial charge in [0, 0.05) is 23.7 Å². The van der Waals surface area contributed by atoms with Gasteiger partial charge in [-0.1, -0.05) is 11.6 Å². The molecule has 4 rings (SSSR count). The summed E-state index contributed by atoms with van der Waals surface area (Å²) in [6.07, 6.45) is 3.35. The maximum absolute atomic E-state index is 13.0. The molecule has 3 heterocycles. The molecular weight excluding hydrogens is 459 g/mol. The quantitative estimate of drug-likeness (QED) is 0.347. The number of pyridine rings is 1. The average molecular weight is 471 g/mol. The first-order chi connectivity index (χ1) is 13.5. The van der Waals surface area contributed by atoms with Gasteiger partial charge in [-0.05, 0) is 23.8 Å². The lowest BCUT2D eigenvalue weighted by molar-refractivity contribution is -0.385. The zero-order valence-electron chi connectivity index (χ0n) is 14.4. The first kappa shape index (κ1) is 21.3. The van der Waals surface area contributed by atoms with E-state index in [1.165, 1.54) is 18.2 Å². The van der Waals surface area contributed by atoms with E-state index in [0.29, 0.717) is 27.6 Å². The van der Waals surface area contributed by atoms with E-state index in [4.69, 9.17) is 11.6 Å². The van der Waals surface area contributed by atoms with E-state index in [1.807, 2.05) is 0 Å². The van der Waals surface area contributed by atoms with Gasteiger partial charge >= 0.3 is 0 Å². The molecule has 1 aromatic carbocycles. The summed E-state index contributed by atoms with van der Waals surface area (Å²) in [7, 11) is -1.78. The molecule has 3 aromatic heterocycles. The fraction of sp³-hybridized carbons (Fsp3) is 0.0588. The SMILES string of the molecule is Cl.O=[N+]([O-])c1ccc(CO)c(S(=O)c2nc(-c3cnc4ccc(Cl)cn34)cs2)c1. The molecule has 0 aliphatic carbocycles. The van der Waals surface area contributed by atoms with E-state index in [0.717, 1.165) is 11.3 Å². The molecule has 0 spiro atoms. The minimum absolute atomic E-state index is 0. The number of thiazole rings is 1. The molecule has 29 heavy (non-hydrogen) atoms. The molecule has 0 fully saturated rings. The highest BCUT2D eigenvalue weighted by Crippen LogP contribution is 2.30. The van der Waals surface area contributed by atoms with Crippen molar-refractivity contribution in [3.05, 3.63) is 68.8 Å². The summed E-state index contributed by atoms with van der Waals surface area (Å²) in [5, 5.41) is 22.8. The normalized spacial score (nSPS) is 11.9. The number of hydrogen-bond donors (Lipinski definition) is 1. The van der Waals surface area contributed by atoms with Crippen LogP contribution in [0.2, 0.25) is 5.02 Å². The predicted molar refractivity (Wildman–Crippen MR) is 112 cm³/mol. The van der Waals surface area contributed by atoms with Crippen LogP contribution < -0.4 is 0 Å². The Morgan fingerprint density at radius 1 is 1.31 bits per heavy atom. The van der Waals surface area contributed by atoms with Crippen molar-refractivity contribution in [3.63, 3.8) is 0 Å². The van der Waals surface area contributed by atoms with Crippen molar-refractivity contribution in [2.24, 2.45) is 0 Å². The van der Waals surface area contributed by atoms with Crippen LogP contribution in [0.5, 0.6) is 0 Å². The minimum Gasteiger partial charge on any atom is -0.392 e. The molecule has 4 aromatic rings. The largest absolute Gasteiger partial charge is 0.392 e. The first-order valence-corrected chi connectivity index (χ1v) is 10.3. The molecule has 150 valence electrons. The van der Waals surface area contributed by atoms with Crippen molar-refractivity contribution in [1.29, 1.82) is 0 Å². The third-order valence-corrected chi connectivity index (χ3v) is 6.79. The molecule has 12 heteroatoms. The number of imidazole rings is 1. The maximum atomic E-state index is 13.0. The summed E-state index contributed by atoms with van der Waals surface area (Å²) in [5.41, 5.74) is 2.07. The monoisotopic (exact) mass is 470 g/mol. The van der Waals surface area contributed by atoms with E-state index in [2.05, 4.69) is 9.97 Å². The molecule has 0 bridgehead atoms. The van der Waals surface area contributed by atoms with Crippen LogP contribution in [0.25, 0.3) is 17.0 Å². The van der Waals surface area contributed by atoms with Crippen molar-refractivity contribution in [3.8, 4) is 11.4 Å². The third-order valence-electron chi connectivity index (χ3n) is 4.01. The minimum atomic E-state index is -1.78. The number of aliphatic hydroxyl groups is 1. The fourth-order valence-corrected chi connectivity index (χ4v) is 5.09. The molecule has 1 unspecified atom stereocenters. The molecule has 0 aliphatic heterocycles. The van der Waals surface area contributed by atoms with Crippen molar-refractivity contribution in [2.45, 2.75) is 15.8 Å². The van der Waals surface area contributed by atoms with Gasteiger partial charge in [-0.3, -0.25) is 14.5 Å². The van der Waals surface area contributed by atoms with Crippen molar-refractivity contribution < 1.29 is 14.2 Å². The maximum Gasteiger partial charge on any atom is 0.270 e. The highest BCUT2D eigenvalue weighted by Gasteiger charge is 2.20. The Kier molecular flexibility index (Phi) is 6.30. The zero-order chi connectivity index (χ0) is 19.8. The molecule has 0 saturated heterocycles. The highest BCUT2D eigenvalue weighted by atomic mass is 35.5. The molecular formula is C17H12Cl2N4O4S2. The average Bonchev–Trinajstić information content (AvgIpc) is 3.33. The number of nitro benzene ring substituents is 1. The number of fused-ring (bicyclic) bond motifs is 1. The molecule has 0 aliphatic rings. The van der Waals surface area contributed by atoms with Gasteiger partial charge in [0.25, 0.3) is 5.69 Å². The van der Waals surface area contributed by atoms with Crippen molar-refractivity contribution in [2.75, 3.05) is 0 Å². The Balaban J connectivity index is 0.00000240. The third kappa shape index (κ3) is 4.02. The van der Waals surface area contributed by atoms with Crippen LogP contribution in [0.4, 0.5) is 5.69 Å².